The number of hydrogen-bond donors (Lipinski definition) is 0. The van der Waals surface area contributed by atoms with Crippen molar-refractivity contribution in [2.24, 2.45) is 0 Å². The second-order valence-corrected chi connectivity index (χ2v) is 4.29. The normalized spacial score (nSPS) is 11.6. The smallest absolute Gasteiger partial charge is 0.485 e. The van der Waals surface area contributed by atoms with E-state index in [9.17, 15) is 13.2 Å². The van der Waals surface area contributed by atoms with Crippen molar-refractivity contribution in [3.63, 3.8) is 0 Å². The fourth-order valence-corrected chi connectivity index (χ4v) is 0.630. The molecule has 0 saturated heterocycles. The maximum atomic E-state index is 10.7. The third-order valence-corrected chi connectivity index (χ3v) is 2.23. The first kappa shape index (κ1) is 15.1. The van der Waals surface area contributed by atoms with E-state index in [1.165, 1.54) is 0 Å². The van der Waals surface area contributed by atoms with Crippen LogP contribution in [0, 0.1) is 6.92 Å². The van der Waals surface area contributed by atoms with Gasteiger partial charge in [-0.3, -0.25) is 0 Å². The number of alkyl halides is 3. The van der Waals surface area contributed by atoms with Crippen molar-refractivity contribution in [3.8, 4) is 0 Å². The van der Waals surface area contributed by atoms with E-state index in [-0.39, 0.29) is 0 Å². The first-order valence-electron chi connectivity index (χ1n) is 3.71. The van der Waals surface area contributed by atoms with Crippen LogP contribution < -0.4 is 4.09 Å². The molecular formula is C7H7ClF3NO3S. The molecule has 0 aliphatic rings. The Labute approximate surface area is 95.1 Å². The molecule has 9 heteroatoms. The van der Waals surface area contributed by atoms with Gasteiger partial charge in [0.2, 0.25) is 5.69 Å². The minimum Gasteiger partial charge on any atom is -0.741 e. The zero-order valence-corrected chi connectivity index (χ0v) is 9.47. The second kappa shape index (κ2) is 5.46. The van der Waals surface area contributed by atoms with E-state index in [0.29, 0.717) is 0 Å². The number of halogens is 4. The molecule has 0 spiro atoms. The van der Waals surface area contributed by atoms with E-state index < -0.39 is 15.6 Å². The lowest BCUT2D eigenvalue weighted by atomic mass is 10.4. The predicted octanol–water partition coefficient (Wildman–Crippen LogP) is 1.34. The SMILES string of the molecule is Cc1cccc[n+]1Cl.O=S(=O)([O-])C(F)(F)F. The number of pyridine rings is 1. The van der Waals surface area contributed by atoms with E-state index in [2.05, 4.69) is 0 Å². The Morgan fingerprint density at radius 3 is 2.00 bits per heavy atom. The van der Waals surface area contributed by atoms with Crippen LogP contribution in [-0.4, -0.2) is 18.5 Å². The largest absolute Gasteiger partial charge is 0.741 e. The molecule has 0 atom stereocenters. The van der Waals surface area contributed by atoms with Gasteiger partial charge in [-0.2, -0.15) is 13.2 Å². The van der Waals surface area contributed by atoms with Crippen LogP contribution in [0.1, 0.15) is 5.69 Å². The van der Waals surface area contributed by atoms with Crippen LogP contribution in [-0.2, 0) is 10.1 Å². The topological polar surface area (TPSA) is 61.1 Å². The van der Waals surface area contributed by atoms with Gasteiger partial charge in [0.05, 0.1) is 0 Å². The highest BCUT2D eigenvalue weighted by Crippen LogP contribution is 2.20. The van der Waals surface area contributed by atoms with Gasteiger partial charge in [0.1, 0.15) is 0 Å². The lowest BCUT2D eigenvalue weighted by Crippen LogP contribution is -2.22. The lowest BCUT2D eigenvalue weighted by molar-refractivity contribution is -0.527. The Morgan fingerprint density at radius 1 is 1.38 bits per heavy atom. The standard InChI is InChI=1S/C6H7ClN.CHF3O3S/c1-6-4-2-3-5-8(6)7;2-1(3,4)8(5,6)7/h2-5H,1H3;(H,5,6,7)/q+1;/p-1. The molecule has 0 amide bonds. The highest BCUT2D eigenvalue weighted by atomic mass is 35.5. The molecule has 4 nitrogen and oxygen atoms in total. The molecule has 0 N–H and O–H groups in total. The van der Waals surface area contributed by atoms with Crippen LogP contribution >= 0.6 is 11.8 Å². The highest BCUT2D eigenvalue weighted by molar-refractivity contribution is 7.86. The van der Waals surface area contributed by atoms with Crippen molar-refractivity contribution in [1.29, 1.82) is 0 Å². The maximum Gasteiger partial charge on any atom is 0.485 e. The third-order valence-electron chi connectivity index (χ3n) is 1.29. The molecule has 0 aliphatic heterocycles. The summed E-state index contributed by atoms with van der Waals surface area (Å²) in [6, 6.07) is 5.79. The van der Waals surface area contributed by atoms with Gasteiger partial charge in [0, 0.05) is 19.1 Å². The van der Waals surface area contributed by atoms with Gasteiger partial charge in [-0.25, -0.2) is 8.42 Å². The number of aromatic nitrogens is 1. The molecule has 0 aromatic carbocycles. The summed E-state index contributed by atoms with van der Waals surface area (Å²) in [6.45, 7) is 1.95. The van der Waals surface area contributed by atoms with Crippen LogP contribution in [0.5, 0.6) is 0 Å². The fraction of sp³-hybridized carbons (Fsp3) is 0.286. The first-order valence-corrected chi connectivity index (χ1v) is 5.46. The van der Waals surface area contributed by atoms with Crippen molar-refractivity contribution in [1.82, 2.24) is 0 Å². The van der Waals surface area contributed by atoms with Crippen LogP contribution in [0.2, 0.25) is 0 Å². The summed E-state index contributed by atoms with van der Waals surface area (Å²) >= 11 is 5.63. The summed E-state index contributed by atoms with van der Waals surface area (Å²) in [7, 11) is -6.09. The summed E-state index contributed by atoms with van der Waals surface area (Å²) in [5.41, 5.74) is -4.60. The molecule has 0 saturated carbocycles. The molecule has 0 aliphatic carbocycles. The molecule has 0 fully saturated rings. The van der Waals surface area contributed by atoms with Crippen LogP contribution in [0.25, 0.3) is 0 Å². The monoisotopic (exact) mass is 277 g/mol. The molecule has 1 heterocycles. The summed E-state index contributed by atoms with van der Waals surface area (Å²) in [6.07, 6.45) is 1.80. The predicted molar refractivity (Wildman–Crippen MR) is 48.4 cm³/mol. The molecule has 0 unspecified atom stereocenters. The number of rotatable bonds is 0. The fourth-order valence-electron chi connectivity index (χ4n) is 0.509. The zero-order chi connectivity index (χ0) is 13.0. The Hall–Kier alpha value is -0.860. The molecule has 0 bridgehead atoms. The molecular weight excluding hydrogens is 271 g/mol. The van der Waals surface area contributed by atoms with E-state index in [1.54, 1.807) is 10.3 Å². The van der Waals surface area contributed by atoms with E-state index in [1.807, 2.05) is 25.1 Å². The average Bonchev–Trinajstić information content (AvgIpc) is 2.08. The zero-order valence-electron chi connectivity index (χ0n) is 7.90. The Kier molecular flexibility index (Phi) is 5.17. The Bertz CT molecular complexity index is 425. The Morgan fingerprint density at radius 2 is 1.81 bits per heavy atom. The van der Waals surface area contributed by atoms with Gasteiger partial charge in [-0.15, -0.1) is 0 Å². The summed E-state index contributed by atoms with van der Waals surface area (Å²) in [5, 5.41) is 0. The molecule has 1 rings (SSSR count). The van der Waals surface area contributed by atoms with E-state index in [4.69, 9.17) is 24.7 Å². The quantitative estimate of drug-likeness (QED) is 0.531. The number of nitrogens with zero attached hydrogens (tertiary/aromatic N) is 1. The summed E-state index contributed by atoms with van der Waals surface area (Å²) < 4.78 is 60.5. The van der Waals surface area contributed by atoms with Crippen molar-refractivity contribution in [3.05, 3.63) is 30.1 Å². The molecule has 0 radical (unpaired) electrons. The molecule has 92 valence electrons. The van der Waals surface area contributed by atoms with Gasteiger partial charge in [0.15, 0.2) is 16.3 Å². The van der Waals surface area contributed by atoms with E-state index in [0.717, 1.165) is 5.69 Å². The lowest BCUT2D eigenvalue weighted by Gasteiger charge is -2.08. The van der Waals surface area contributed by atoms with Crippen LogP contribution in [0.4, 0.5) is 13.2 Å². The van der Waals surface area contributed by atoms with Crippen LogP contribution in [0.15, 0.2) is 24.4 Å². The average molecular weight is 278 g/mol. The van der Waals surface area contributed by atoms with Crippen LogP contribution in [0.3, 0.4) is 0 Å². The van der Waals surface area contributed by atoms with Gasteiger partial charge >= 0.3 is 5.51 Å². The third kappa shape index (κ3) is 5.29. The first-order chi connectivity index (χ1) is 7.05. The van der Waals surface area contributed by atoms with Gasteiger partial charge < -0.3 is 4.55 Å². The maximum absolute atomic E-state index is 10.7. The van der Waals surface area contributed by atoms with Crippen molar-refractivity contribution < 1.29 is 30.2 Å². The van der Waals surface area contributed by atoms with Gasteiger partial charge in [-0.05, 0) is 6.07 Å². The van der Waals surface area contributed by atoms with Crippen molar-refractivity contribution in [2.75, 3.05) is 0 Å². The second-order valence-electron chi connectivity index (χ2n) is 2.55. The Balaban J connectivity index is 0.000000281. The summed E-state index contributed by atoms with van der Waals surface area (Å²) in [5.74, 6) is 0. The highest BCUT2D eigenvalue weighted by Gasteiger charge is 2.36. The molecule has 1 aromatic rings. The number of hydrogen-bond acceptors (Lipinski definition) is 3. The molecule has 1 aromatic heterocycles. The van der Waals surface area contributed by atoms with Gasteiger partial charge in [-0.1, -0.05) is 4.09 Å². The summed E-state index contributed by atoms with van der Waals surface area (Å²) in [4.78, 5) is 0. The number of aryl methyl sites for hydroxylation is 1. The van der Waals surface area contributed by atoms with Crippen molar-refractivity contribution in [2.45, 2.75) is 12.4 Å². The minimum absolute atomic E-state index is 1.05. The van der Waals surface area contributed by atoms with Crippen molar-refractivity contribution >= 4 is 21.9 Å². The van der Waals surface area contributed by atoms with E-state index >= 15 is 0 Å². The van der Waals surface area contributed by atoms with Gasteiger partial charge in [0.25, 0.3) is 11.8 Å². The molecule has 16 heavy (non-hydrogen) atoms. The minimum atomic E-state index is -6.09.